The van der Waals surface area contributed by atoms with Crippen molar-refractivity contribution in [2.45, 2.75) is 50.2 Å². The third-order valence-corrected chi connectivity index (χ3v) is 7.70. The molecule has 1 aromatic rings. The number of hydrogen-bond donors (Lipinski definition) is 1. The van der Waals surface area contributed by atoms with E-state index in [4.69, 9.17) is 0 Å². The van der Waals surface area contributed by atoms with Gasteiger partial charge in [-0.15, -0.1) is 0 Å². The minimum atomic E-state index is 0.583. The van der Waals surface area contributed by atoms with Crippen molar-refractivity contribution in [3.8, 4) is 0 Å². The standard InChI is InChI=1S/C17H27NS2/c1-5-16-17(20-9-8-19-16)15(18-4)11-14-7-6-12(2)13(3)10-14/h6-7,10,15-18H,5,8-9,11H2,1-4H3. The van der Waals surface area contributed by atoms with E-state index in [1.54, 1.807) is 0 Å². The molecule has 1 aromatic carbocycles. The van der Waals surface area contributed by atoms with Crippen LogP contribution in [0.2, 0.25) is 0 Å². The van der Waals surface area contributed by atoms with Gasteiger partial charge in [0.25, 0.3) is 0 Å². The Hall–Kier alpha value is -0.120. The van der Waals surface area contributed by atoms with Crippen molar-refractivity contribution in [3.63, 3.8) is 0 Å². The van der Waals surface area contributed by atoms with Gasteiger partial charge in [0.2, 0.25) is 0 Å². The van der Waals surface area contributed by atoms with Gasteiger partial charge < -0.3 is 5.32 Å². The van der Waals surface area contributed by atoms with Crippen molar-refractivity contribution >= 4 is 23.5 Å². The first-order valence-electron chi connectivity index (χ1n) is 7.62. The van der Waals surface area contributed by atoms with Crippen molar-refractivity contribution in [1.29, 1.82) is 0 Å². The van der Waals surface area contributed by atoms with Gasteiger partial charge in [0.05, 0.1) is 0 Å². The number of rotatable bonds is 5. The van der Waals surface area contributed by atoms with Gasteiger partial charge in [-0.25, -0.2) is 0 Å². The van der Waals surface area contributed by atoms with Gasteiger partial charge in [-0.05, 0) is 50.4 Å². The molecule has 0 bridgehead atoms. The second-order valence-corrected chi connectivity index (χ2v) is 8.30. The third kappa shape index (κ3) is 3.96. The molecule has 0 radical (unpaired) electrons. The Morgan fingerprint density at radius 3 is 2.60 bits per heavy atom. The molecule has 112 valence electrons. The molecule has 1 heterocycles. The van der Waals surface area contributed by atoms with E-state index < -0.39 is 0 Å². The van der Waals surface area contributed by atoms with Crippen molar-refractivity contribution in [2.75, 3.05) is 18.6 Å². The van der Waals surface area contributed by atoms with Gasteiger partial charge in [-0.2, -0.15) is 23.5 Å². The largest absolute Gasteiger partial charge is 0.316 e. The maximum atomic E-state index is 3.58. The molecule has 1 fully saturated rings. The Morgan fingerprint density at radius 2 is 1.95 bits per heavy atom. The molecule has 1 aliphatic heterocycles. The molecule has 1 nitrogen and oxygen atoms in total. The molecular weight excluding hydrogens is 282 g/mol. The minimum absolute atomic E-state index is 0.583. The first-order valence-corrected chi connectivity index (χ1v) is 9.72. The van der Waals surface area contributed by atoms with Crippen molar-refractivity contribution < 1.29 is 0 Å². The highest BCUT2D eigenvalue weighted by molar-refractivity contribution is 8.07. The lowest BCUT2D eigenvalue weighted by Gasteiger charge is -2.36. The fourth-order valence-electron chi connectivity index (χ4n) is 2.88. The highest BCUT2D eigenvalue weighted by Crippen LogP contribution is 2.36. The molecule has 3 unspecified atom stereocenters. The average molecular weight is 310 g/mol. The van der Waals surface area contributed by atoms with E-state index in [1.807, 2.05) is 0 Å². The van der Waals surface area contributed by atoms with Crippen LogP contribution in [0.5, 0.6) is 0 Å². The van der Waals surface area contributed by atoms with Crippen LogP contribution in [0.3, 0.4) is 0 Å². The van der Waals surface area contributed by atoms with Gasteiger partial charge in [-0.1, -0.05) is 25.1 Å². The smallest absolute Gasteiger partial charge is 0.0323 e. The number of aryl methyl sites for hydroxylation is 2. The molecular formula is C17H27NS2. The summed E-state index contributed by atoms with van der Waals surface area (Å²) in [4.78, 5) is 0. The molecule has 20 heavy (non-hydrogen) atoms. The maximum Gasteiger partial charge on any atom is 0.0323 e. The van der Waals surface area contributed by atoms with Gasteiger partial charge in [-0.3, -0.25) is 0 Å². The minimum Gasteiger partial charge on any atom is -0.316 e. The fourth-order valence-corrected chi connectivity index (χ4v) is 6.18. The highest BCUT2D eigenvalue weighted by atomic mass is 32.2. The third-order valence-electron chi connectivity index (χ3n) is 4.29. The maximum absolute atomic E-state index is 3.58. The predicted octanol–water partition coefficient (Wildman–Crippen LogP) is 4.06. The zero-order valence-electron chi connectivity index (χ0n) is 13.1. The van der Waals surface area contributed by atoms with Crippen molar-refractivity contribution in [1.82, 2.24) is 5.32 Å². The molecule has 1 saturated heterocycles. The molecule has 2 rings (SSSR count). The van der Waals surface area contributed by atoms with Crippen LogP contribution >= 0.6 is 23.5 Å². The lowest BCUT2D eigenvalue weighted by atomic mass is 9.97. The molecule has 0 amide bonds. The molecule has 3 atom stereocenters. The molecule has 1 N–H and O–H groups in total. The molecule has 0 saturated carbocycles. The molecule has 3 heteroatoms. The van der Waals surface area contributed by atoms with E-state index in [9.17, 15) is 0 Å². The highest BCUT2D eigenvalue weighted by Gasteiger charge is 2.31. The molecule has 0 aromatic heterocycles. The summed E-state index contributed by atoms with van der Waals surface area (Å²) in [5.74, 6) is 2.62. The van der Waals surface area contributed by atoms with E-state index in [1.165, 1.54) is 34.6 Å². The van der Waals surface area contributed by atoms with Crippen LogP contribution in [0.1, 0.15) is 30.0 Å². The first kappa shape index (κ1) is 16.3. The second kappa shape index (κ2) is 7.77. The van der Waals surface area contributed by atoms with Crippen LogP contribution in [0.25, 0.3) is 0 Å². The SMILES string of the molecule is CCC1SCCSC1C(Cc1ccc(C)c(C)c1)NC. The Kier molecular flexibility index (Phi) is 6.31. The van der Waals surface area contributed by atoms with Gasteiger partial charge in [0.15, 0.2) is 0 Å². The first-order chi connectivity index (χ1) is 9.65. The van der Waals surface area contributed by atoms with Gasteiger partial charge >= 0.3 is 0 Å². The van der Waals surface area contributed by atoms with Crippen LogP contribution in [-0.2, 0) is 6.42 Å². The second-order valence-electron chi connectivity index (χ2n) is 5.67. The predicted molar refractivity (Wildman–Crippen MR) is 95.3 cm³/mol. The lowest BCUT2D eigenvalue weighted by Crippen LogP contribution is -2.44. The van der Waals surface area contributed by atoms with E-state index in [2.05, 4.69) is 74.9 Å². The number of likely N-dealkylation sites (N-methyl/N-ethyl adjacent to an activating group) is 1. The van der Waals surface area contributed by atoms with Crippen LogP contribution in [-0.4, -0.2) is 35.1 Å². The summed E-state index contributed by atoms with van der Waals surface area (Å²) in [5, 5.41) is 5.13. The van der Waals surface area contributed by atoms with Crippen LogP contribution < -0.4 is 5.32 Å². The van der Waals surface area contributed by atoms with E-state index in [-0.39, 0.29) is 0 Å². The molecule has 1 aliphatic rings. The zero-order valence-corrected chi connectivity index (χ0v) is 14.7. The quantitative estimate of drug-likeness (QED) is 0.881. The lowest BCUT2D eigenvalue weighted by molar-refractivity contribution is 0.517. The van der Waals surface area contributed by atoms with Crippen molar-refractivity contribution in [2.24, 2.45) is 0 Å². The summed E-state index contributed by atoms with van der Waals surface area (Å²) < 4.78 is 0. The zero-order chi connectivity index (χ0) is 14.5. The summed E-state index contributed by atoms with van der Waals surface area (Å²) in [6, 6.07) is 7.51. The Morgan fingerprint density at radius 1 is 1.20 bits per heavy atom. The van der Waals surface area contributed by atoms with E-state index in [0.29, 0.717) is 6.04 Å². The van der Waals surface area contributed by atoms with E-state index in [0.717, 1.165) is 16.9 Å². The Bertz CT molecular complexity index is 433. The van der Waals surface area contributed by atoms with Crippen molar-refractivity contribution in [3.05, 3.63) is 34.9 Å². The summed E-state index contributed by atoms with van der Waals surface area (Å²) in [7, 11) is 2.12. The topological polar surface area (TPSA) is 12.0 Å². The van der Waals surface area contributed by atoms with Crippen LogP contribution in [0.4, 0.5) is 0 Å². The molecule has 0 aliphatic carbocycles. The number of benzene rings is 1. The fraction of sp³-hybridized carbons (Fsp3) is 0.647. The normalized spacial score (nSPS) is 24.6. The van der Waals surface area contributed by atoms with Gasteiger partial charge in [0, 0.05) is 28.0 Å². The van der Waals surface area contributed by atoms with Crippen LogP contribution in [0.15, 0.2) is 18.2 Å². The Labute approximate surface area is 132 Å². The van der Waals surface area contributed by atoms with Crippen LogP contribution in [0, 0.1) is 13.8 Å². The van der Waals surface area contributed by atoms with Gasteiger partial charge in [0.1, 0.15) is 0 Å². The summed E-state index contributed by atoms with van der Waals surface area (Å²) in [6.45, 7) is 6.74. The Balaban J connectivity index is 2.09. The number of nitrogens with one attached hydrogen (secondary N) is 1. The number of thioether (sulfide) groups is 2. The monoisotopic (exact) mass is 309 g/mol. The summed E-state index contributed by atoms with van der Waals surface area (Å²) >= 11 is 4.34. The van der Waals surface area contributed by atoms with E-state index >= 15 is 0 Å². The number of hydrogen-bond acceptors (Lipinski definition) is 3. The summed E-state index contributed by atoms with van der Waals surface area (Å²) in [5.41, 5.74) is 4.28. The average Bonchev–Trinajstić information content (AvgIpc) is 2.48. The summed E-state index contributed by atoms with van der Waals surface area (Å²) in [6.07, 6.45) is 2.43. The molecule has 0 spiro atoms.